The highest BCUT2D eigenvalue weighted by molar-refractivity contribution is 8.02. The molecule has 1 aliphatic carbocycles. The molecule has 1 fully saturated rings. The lowest BCUT2D eigenvalue weighted by atomic mass is 10.2. The first-order valence-corrected chi connectivity index (χ1v) is 8.54. The van der Waals surface area contributed by atoms with E-state index in [9.17, 15) is 4.79 Å². The number of carbonyl (C=O) groups excluding carboxylic acids is 1. The third-order valence-electron chi connectivity index (χ3n) is 3.15. The van der Waals surface area contributed by atoms with Crippen molar-refractivity contribution in [2.75, 3.05) is 11.9 Å². The minimum atomic E-state index is -0.143. The molecule has 0 radical (unpaired) electrons. The van der Waals surface area contributed by atoms with Crippen molar-refractivity contribution in [3.05, 3.63) is 12.7 Å². The summed E-state index contributed by atoms with van der Waals surface area (Å²) in [6.07, 6.45) is 6.43. The quantitative estimate of drug-likeness (QED) is 0.598. The van der Waals surface area contributed by atoms with Crippen molar-refractivity contribution in [3.8, 4) is 0 Å². The molecule has 2 N–H and O–H groups in total. The second-order valence-electron chi connectivity index (χ2n) is 4.79. The van der Waals surface area contributed by atoms with Gasteiger partial charge in [-0.3, -0.25) is 4.79 Å². The second-order valence-corrected chi connectivity index (χ2v) is 7.36. The Morgan fingerprint density at radius 2 is 2.30 bits per heavy atom. The zero-order chi connectivity index (χ0) is 14.4. The number of carbonyl (C=O) groups is 1. The van der Waals surface area contributed by atoms with Crippen LogP contribution < -0.4 is 10.6 Å². The van der Waals surface area contributed by atoms with E-state index < -0.39 is 0 Å². The molecule has 1 saturated carbocycles. The summed E-state index contributed by atoms with van der Waals surface area (Å²) in [6, 6.07) is 0.366. The van der Waals surface area contributed by atoms with E-state index in [1.807, 2.05) is 6.92 Å². The topological polar surface area (TPSA) is 66.9 Å². The van der Waals surface area contributed by atoms with Crippen LogP contribution in [0.25, 0.3) is 0 Å². The fraction of sp³-hybridized carbons (Fsp3) is 0.615. The molecule has 1 atom stereocenters. The number of nitrogens with one attached hydrogen (secondary N) is 2. The molecule has 1 amide bonds. The molecule has 0 saturated heterocycles. The van der Waals surface area contributed by atoms with Crippen LogP contribution in [0.2, 0.25) is 0 Å². The zero-order valence-corrected chi connectivity index (χ0v) is 13.2. The van der Waals surface area contributed by atoms with E-state index in [1.165, 1.54) is 35.9 Å². The molecule has 110 valence electrons. The van der Waals surface area contributed by atoms with Gasteiger partial charge < -0.3 is 10.6 Å². The number of aromatic nitrogens is 2. The Balaban J connectivity index is 1.80. The molecule has 0 spiro atoms. The molecule has 20 heavy (non-hydrogen) atoms. The Morgan fingerprint density at radius 1 is 1.55 bits per heavy atom. The molecule has 1 heterocycles. The Morgan fingerprint density at radius 3 is 3.00 bits per heavy atom. The molecule has 2 rings (SSSR count). The Labute approximate surface area is 127 Å². The minimum absolute atomic E-state index is 0.0951. The summed E-state index contributed by atoms with van der Waals surface area (Å²) in [4.78, 5) is 12.1. The van der Waals surface area contributed by atoms with Crippen LogP contribution in [-0.4, -0.2) is 33.9 Å². The van der Waals surface area contributed by atoms with E-state index in [1.54, 1.807) is 6.08 Å². The van der Waals surface area contributed by atoms with Crippen molar-refractivity contribution < 1.29 is 4.79 Å². The molecule has 0 bridgehead atoms. The molecule has 7 heteroatoms. The molecular weight excluding hydrogens is 292 g/mol. The fourth-order valence-corrected chi connectivity index (χ4v) is 3.99. The minimum Gasteiger partial charge on any atom is -0.357 e. The maximum absolute atomic E-state index is 12.1. The number of hydrogen-bond donors (Lipinski definition) is 2. The van der Waals surface area contributed by atoms with Gasteiger partial charge in [-0.25, -0.2) is 0 Å². The standard InChI is InChI=1S/C13H20N4OS2/c1-3-8-14-12-16-17-13(20-12)19-9(2)11(18)15-10-6-4-5-7-10/h3,9-10H,1,4-8H2,2H3,(H,14,16)(H,15,18)/t9-/m0/s1. The first-order chi connectivity index (χ1) is 9.69. The largest absolute Gasteiger partial charge is 0.357 e. The van der Waals surface area contributed by atoms with Gasteiger partial charge >= 0.3 is 0 Å². The number of rotatable bonds is 7. The summed E-state index contributed by atoms with van der Waals surface area (Å²) < 4.78 is 0.811. The van der Waals surface area contributed by atoms with Gasteiger partial charge in [-0.05, 0) is 19.8 Å². The van der Waals surface area contributed by atoms with Gasteiger partial charge in [0.2, 0.25) is 11.0 Å². The summed E-state index contributed by atoms with van der Waals surface area (Å²) in [7, 11) is 0. The number of anilines is 1. The van der Waals surface area contributed by atoms with Gasteiger partial charge in [-0.1, -0.05) is 42.0 Å². The normalized spacial score (nSPS) is 16.9. The van der Waals surface area contributed by atoms with Gasteiger partial charge in [-0.2, -0.15) is 0 Å². The number of nitrogens with zero attached hydrogens (tertiary/aromatic N) is 2. The van der Waals surface area contributed by atoms with Crippen LogP contribution in [0, 0.1) is 0 Å². The van der Waals surface area contributed by atoms with Gasteiger partial charge in [0, 0.05) is 12.6 Å². The van der Waals surface area contributed by atoms with Crippen molar-refractivity contribution in [2.24, 2.45) is 0 Å². The molecule has 1 aliphatic rings. The molecule has 5 nitrogen and oxygen atoms in total. The predicted molar refractivity (Wildman–Crippen MR) is 84.3 cm³/mol. The molecule has 0 aliphatic heterocycles. The first kappa shape index (κ1) is 15.3. The maximum Gasteiger partial charge on any atom is 0.233 e. The lowest BCUT2D eigenvalue weighted by molar-refractivity contribution is -0.120. The van der Waals surface area contributed by atoms with E-state index in [2.05, 4.69) is 27.4 Å². The van der Waals surface area contributed by atoms with E-state index in [0.29, 0.717) is 12.6 Å². The van der Waals surface area contributed by atoms with E-state index in [-0.39, 0.29) is 11.2 Å². The lowest BCUT2D eigenvalue weighted by Gasteiger charge is -2.15. The highest BCUT2D eigenvalue weighted by Gasteiger charge is 2.22. The van der Waals surface area contributed by atoms with Gasteiger partial charge in [-0.15, -0.1) is 16.8 Å². The fourth-order valence-electron chi connectivity index (χ4n) is 2.08. The van der Waals surface area contributed by atoms with Crippen molar-refractivity contribution in [1.29, 1.82) is 0 Å². The van der Waals surface area contributed by atoms with Crippen molar-refractivity contribution in [1.82, 2.24) is 15.5 Å². The Bertz CT molecular complexity index is 457. The highest BCUT2D eigenvalue weighted by Crippen LogP contribution is 2.29. The number of amides is 1. The molecule has 1 aromatic heterocycles. The number of hydrogen-bond acceptors (Lipinski definition) is 6. The monoisotopic (exact) mass is 312 g/mol. The van der Waals surface area contributed by atoms with Crippen LogP contribution in [0.15, 0.2) is 17.0 Å². The summed E-state index contributed by atoms with van der Waals surface area (Å²) in [5.41, 5.74) is 0. The third kappa shape index (κ3) is 4.49. The average molecular weight is 312 g/mol. The van der Waals surface area contributed by atoms with Crippen molar-refractivity contribution >= 4 is 34.1 Å². The Kier molecular flexibility index (Phi) is 5.85. The summed E-state index contributed by atoms with van der Waals surface area (Å²) in [6.45, 7) is 6.21. The smallest absolute Gasteiger partial charge is 0.233 e. The van der Waals surface area contributed by atoms with Crippen LogP contribution in [0.3, 0.4) is 0 Å². The van der Waals surface area contributed by atoms with Crippen molar-refractivity contribution in [2.45, 2.75) is 48.2 Å². The number of thioether (sulfide) groups is 1. The van der Waals surface area contributed by atoms with Crippen LogP contribution >= 0.6 is 23.1 Å². The molecule has 0 unspecified atom stereocenters. The van der Waals surface area contributed by atoms with Crippen LogP contribution in [0.4, 0.5) is 5.13 Å². The Hall–Kier alpha value is -1.08. The van der Waals surface area contributed by atoms with E-state index >= 15 is 0 Å². The third-order valence-corrected chi connectivity index (χ3v) is 5.22. The van der Waals surface area contributed by atoms with Crippen molar-refractivity contribution in [3.63, 3.8) is 0 Å². The average Bonchev–Trinajstić information content (AvgIpc) is 3.08. The van der Waals surface area contributed by atoms with Gasteiger partial charge in [0.15, 0.2) is 4.34 Å². The van der Waals surface area contributed by atoms with E-state index in [0.717, 1.165) is 22.3 Å². The second kappa shape index (κ2) is 7.64. The summed E-state index contributed by atoms with van der Waals surface area (Å²) in [5.74, 6) is 0.0951. The lowest BCUT2D eigenvalue weighted by Crippen LogP contribution is -2.37. The first-order valence-electron chi connectivity index (χ1n) is 6.84. The SMILES string of the molecule is C=CCNc1nnc(S[C@@H](C)C(=O)NC2CCCC2)s1. The molecule has 0 aromatic carbocycles. The van der Waals surface area contributed by atoms with E-state index in [4.69, 9.17) is 0 Å². The summed E-state index contributed by atoms with van der Waals surface area (Å²) >= 11 is 2.92. The van der Waals surface area contributed by atoms with Gasteiger partial charge in [0.05, 0.1) is 5.25 Å². The molecule has 1 aromatic rings. The van der Waals surface area contributed by atoms with Crippen LogP contribution in [0.1, 0.15) is 32.6 Å². The van der Waals surface area contributed by atoms with Crippen LogP contribution in [0.5, 0.6) is 0 Å². The molecular formula is C13H20N4OS2. The van der Waals surface area contributed by atoms with Gasteiger partial charge in [0.25, 0.3) is 0 Å². The van der Waals surface area contributed by atoms with Crippen LogP contribution in [-0.2, 0) is 4.79 Å². The summed E-state index contributed by atoms with van der Waals surface area (Å²) in [5, 5.41) is 14.9. The van der Waals surface area contributed by atoms with Gasteiger partial charge in [0.1, 0.15) is 0 Å². The maximum atomic E-state index is 12.1. The highest BCUT2D eigenvalue weighted by atomic mass is 32.2. The predicted octanol–water partition coefficient (Wildman–Crippen LogP) is 2.68. The zero-order valence-electron chi connectivity index (χ0n) is 11.6.